The molecule has 4 atom stereocenters. The van der Waals surface area contributed by atoms with Gasteiger partial charge in [-0.05, 0) is 36.1 Å². The van der Waals surface area contributed by atoms with Gasteiger partial charge in [-0.25, -0.2) is 4.79 Å². The van der Waals surface area contributed by atoms with E-state index >= 15 is 0 Å². The number of carbonyl (C=O) groups is 4. The molecule has 2 aromatic carbocycles. The Labute approximate surface area is 224 Å². The number of amides is 2. The number of ether oxygens (including phenoxy) is 3. The van der Waals surface area contributed by atoms with Gasteiger partial charge in [-0.2, -0.15) is 0 Å². The van der Waals surface area contributed by atoms with Crippen molar-refractivity contribution < 1.29 is 38.5 Å². The molecule has 2 unspecified atom stereocenters. The van der Waals surface area contributed by atoms with E-state index in [0.29, 0.717) is 29.9 Å². The van der Waals surface area contributed by atoms with Gasteiger partial charge in [0.1, 0.15) is 23.8 Å². The molecule has 0 aromatic heterocycles. The van der Waals surface area contributed by atoms with Crippen LogP contribution >= 0.6 is 11.8 Å². The Hall–Kier alpha value is -3.41. The normalized spacial score (nSPS) is 23.3. The van der Waals surface area contributed by atoms with Crippen molar-refractivity contribution in [2.75, 3.05) is 19.5 Å². The highest BCUT2D eigenvalue weighted by molar-refractivity contribution is 8.00. The smallest absolute Gasteiger partial charge is 0.356 e. The van der Waals surface area contributed by atoms with Crippen LogP contribution in [0.3, 0.4) is 0 Å². The number of Topliss-reactive ketones (excluding diaryl/α,β-unsaturated/α-hetero) is 1. The number of rotatable bonds is 11. The Balaban J connectivity index is 1.55. The molecule has 4 rings (SSSR count). The molecule has 2 amide bonds. The number of esters is 1. The molecule has 11 heteroatoms. The van der Waals surface area contributed by atoms with Crippen LogP contribution in [0.15, 0.2) is 54.6 Å². The third-order valence-electron chi connectivity index (χ3n) is 6.48. The second kappa shape index (κ2) is 12.0. The van der Waals surface area contributed by atoms with Crippen molar-refractivity contribution in [2.24, 2.45) is 0 Å². The summed E-state index contributed by atoms with van der Waals surface area (Å²) in [5.41, 5.74) is -0.449. The van der Waals surface area contributed by atoms with Crippen LogP contribution < -0.4 is 10.1 Å². The molecule has 2 aromatic rings. The highest BCUT2D eigenvalue weighted by Crippen LogP contribution is 2.47. The molecule has 38 heavy (non-hydrogen) atoms. The lowest BCUT2D eigenvalue weighted by Gasteiger charge is -2.56. The lowest BCUT2D eigenvalue weighted by atomic mass is 9.80. The molecular formula is C27H30N2O8S. The van der Waals surface area contributed by atoms with Crippen molar-refractivity contribution in [1.82, 2.24) is 10.2 Å². The van der Waals surface area contributed by atoms with Gasteiger partial charge in [0.15, 0.2) is 11.3 Å². The molecule has 0 spiro atoms. The minimum Gasteiger partial charge on any atom is -0.497 e. The molecule has 0 saturated carbocycles. The van der Waals surface area contributed by atoms with Crippen LogP contribution in [0.5, 0.6) is 5.75 Å². The van der Waals surface area contributed by atoms with Gasteiger partial charge in [-0.3, -0.25) is 19.3 Å². The van der Waals surface area contributed by atoms with Crippen LogP contribution in [0.25, 0.3) is 0 Å². The average molecular weight is 543 g/mol. The summed E-state index contributed by atoms with van der Waals surface area (Å²) in [5, 5.41) is 12.7. The standard InChI is InChI=1S/C27H30N2O8S/c1-17(30)28-27(19-7-4-3-5-8-19)25(34)29(26(27)38-16-21(31)22-9-6-14-36-22)23(32)24(33)37-15-18-10-12-20(35-2)13-11-18/h3-5,7-8,10-13,22-23,26,32H,6,9,14-16H2,1-2H3,(H,28,30)/t22?,23?,26-,27-/m1/s1. The van der Waals surface area contributed by atoms with E-state index in [4.69, 9.17) is 14.2 Å². The predicted octanol–water partition coefficient (Wildman–Crippen LogP) is 1.74. The number of methoxy groups -OCH3 is 1. The zero-order valence-electron chi connectivity index (χ0n) is 21.1. The van der Waals surface area contributed by atoms with Gasteiger partial charge in [0.05, 0.1) is 12.9 Å². The van der Waals surface area contributed by atoms with E-state index in [0.717, 1.165) is 23.1 Å². The Morgan fingerprint density at radius 2 is 1.89 bits per heavy atom. The zero-order valence-corrected chi connectivity index (χ0v) is 21.9. The van der Waals surface area contributed by atoms with Crippen molar-refractivity contribution in [3.05, 3.63) is 65.7 Å². The molecule has 2 N–H and O–H groups in total. The average Bonchev–Trinajstić information content (AvgIpc) is 3.48. The summed E-state index contributed by atoms with van der Waals surface area (Å²) in [6, 6.07) is 15.4. The SMILES string of the molecule is COc1ccc(COC(=O)C(O)N2C(=O)[C@](NC(C)=O)(c3ccccc3)[C@H]2SCC(=O)C2CCCO2)cc1. The van der Waals surface area contributed by atoms with Gasteiger partial charge >= 0.3 is 5.97 Å². The fourth-order valence-corrected chi connectivity index (χ4v) is 6.01. The molecule has 2 aliphatic rings. The van der Waals surface area contributed by atoms with Gasteiger partial charge < -0.3 is 24.6 Å². The summed E-state index contributed by atoms with van der Waals surface area (Å²) >= 11 is 1.06. The number of carbonyl (C=O) groups excluding carboxylic acids is 4. The lowest BCUT2D eigenvalue weighted by Crippen LogP contribution is -2.79. The van der Waals surface area contributed by atoms with Crippen LogP contribution in [0.1, 0.15) is 30.9 Å². The van der Waals surface area contributed by atoms with Crippen LogP contribution in [-0.2, 0) is 40.8 Å². The Morgan fingerprint density at radius 3 is 2.50 bits per heavy atom. The van der Waals surface area contributed by atoms with E-state index in [-0.39, 0.29) is 18.1 Å². The van der Waals surface area contributed by atoms with Gasteiger partial charge in [0.25, 0.3) is 5.91 Å². The molecule has 0 aliphatic carbocycles. The molecule has 0 bridgehead atoms. The van der Waals surface area contributed by atoms with Gasteiger partial charge in [-0.1, -0.05) is 42.5 Å². The molecule has 202 valence electrons. The topological polar surface area (TPSA) is 131 Å². The summed E-state index contributed by atoms with van der Waals surface area (Å²) in [6.45, 7) is 1.65. The van der Waals surface area contributed by atoms with Crippen molar-refractivity contribution in [1.29, 1.82) is 0 Å². The number of thioether (sulfide) groups is 1. The fraction of sp³-hybridized carbons (Fsp3) is 0.407. The maximum absolute atomic E-state index is 13.6. The number of ketones is 1. The van der Waals surface area contributed by atoms with Crippen LogP contribution in [-0.4, -0.2) is 70.7 Å². The van der Waals surface area contributed by atoms with E-state index < -0.39 is 41.0 Å². The summed E-state index contributed by atoms with van der Waals surface area (Å²) in [7, 11) is 1.54. The maximum Gasteiger partial charge on any atom is 0.356 e. The first-order valence-electron chi connectivity index (χ1n) is 12.2. The largest absolute Gasteiger partial charge is 0.497 e. The lowest BCUT2D eigenvalue weighted by molar-refractivity contribution is -0.191. The number of β-lactam (4-membered cyclic amide) rings is 1. The first kappa shape index (κ1) is 27.6. The Kier molecular flexibility index (Phi) is 8.70. The highest BCUT2D eigenvalue weighted by Gasteiger charge is 2.65. The number of hydrogen-bond acceptors (Lipinski definition) is 9. The second-order valence-corrected chi connectivity index (χ2v) is 10.1. The van der Waals surface area contributed by atoms with Crippen LogP contribution in [0.2, 0.25) is 0 Å². The quantitative estimate of drug-likeness (QED) is 0.322. The molecule has 2 saturated heterocycles. The summed E-state index contributed by atoms with van der Waals surface area (Å²) < 4.78 is 15.9. The third-order valence-corrected chi connectivity index (χ3v) is 7.83. The summed E-state index contributed by atoms with van der Waals surface area (Å²) in [5.74, 6) is -1.76. The Bertz CT molecular complexity index is 1170. The number of benzene rings is 2. The monoisotopic (exact) mass is 542 g/mol. The molecule has 2 fully saturated rings. The van der Waals surface area contributed by atoms with Crippen LogP contribution in [0.4, 0.5) is 0 Å². The molecule has 2 heterocycles. The zero-order chi connectivity index (χ0) is 27.3. The minimum atomic E-state index is -1.94. The number of hydrogen-bond donors (Lipinski definition) is 2. The number of nitrogens with zero attached hydrogens (tertiary/aromatic N) is 1. The highest BCUT2D eigenvalue weighted by atomic mass is 32.2. The second-order valence-electron chi connectivity index (χ2n) is 9.03. The van der Waals surface area contributed by atoms with Crippen molar-refractivity contribution in [2.45, 2.75) is 49.6 Å². The van der Waals surface area contributed by atoms with Crippen LogP contribution in [0, 0.1) is 0 Å². The number of likely N-dealkylation sites (tertiary alicyclic amines) is 1. The predicted molar refractivity (Wildman–Crippen MR) is 138 cm³/mol. The fourth-order valence-electron chi connectivity index (χ4n) is 4.58. The Morgan fingerprint density at radius 1 is 1.18 bits per heavy atom. The molecule has 0 radical (unpaired) electrons. The first-order valence-corrected chi connectivity index (χ1v) is 13.2. The maximum atomic E-state index is 13.6. The molecule has 2 aliphatic heterocycles. The van der Waals surface area contributed by atoms with E-state index in [2.05, 4.69) is 5.32 Å². The van der Waals surface area contributed by atoms with E-state index in [1.54, 1.807) is 54.6 Å². The van der Waals surface area contributed by atoms with E-state index in [9.17, 15) is 24.3 Å². The number of aliphatic hydroxyl groups excluding tert-OH is 1. The van der Waals surface area contributed by atoms with Gasteiger partial charge in [0, 0.05) is 13.5 Å². The number of aliphatic hydroxyl groups is 1. The molecule has 10 nitrogen and oxygen atoms in total. The van der Waals surface area contributed by atoms with Crippen molar-refractivity contribution >= 4 is 35.3 Å². The molecular weight excluding hydrogens is 512 g/mol. The summed E-state index contributed by atoms with van der Waals surface area (Å²) in [6.07, 6.45) is -1.07. The third kappa shape index (κ3) is 5.54. The first-order chi connectivity index (χ1) is 18.3. The van der Waals surface area contributed by atoms with E-state index in [1.165, 1.54) is 14.0 Å². The van der Waals surface area contributed by atoms with E-state index in [1.807, 2.05) is 0 Å². The van der Waals surface area contributed by atoms with Crippen molar-refractivity contribution in [3.8, 4) is 5.75 Å². The van der Waals surface area contributed by atoms with Gasteiger partial charge in [0.2, 0.25) is 12.1 Å². The van der Waals surface area contributed by atoms with Crippen molar-refractivity contribution in [3.63, 3.8) is 0 Å². The summed E-state index contributed by atoms with van der Waals surface area (Å²) in [4.78, 5) is 52.4. The number of nitrogens with one attached hydrogen (secondary N) is 1. The van der Waals surface area contributed by atoms with Gasteiger partial charge in [-0.15, -0.1) is 11.8 Å². The minimum absolute atomic E-state index is 0.0408.